The quantitative estimate of drug-likeness (QED) is 0.812. The van der Waals surface area contributed by atoms with Crippen molar-refractivity contribution < 1.29 is 9.53 Å². The molecule has 0 bridgehead atoms. The Hall–Kier alpha value is -2.18. The number of nitrogens with one attached hydrogen (secondary N) is 1. The molecule has 4 rings (SSSR count). The van der Waals surface area contributed by atoms with Gasteiger partial charge in [0.2, 0.25) is 0 Å². The van der Waals surface area contributed by atoms with Crippen LogP contribution in [0.1, 0.15) is 65.8 Å². The molecule has 1 atom stereocenters. The third-order valence-corrected chi connectivity index (χ3v) is 6.14. The third-order valence-electron chi connectivity index (χ3n) is 6.14. The van der Waals surface area contributed by atoms with E-state index in [9.17, 15) is 4.79 Å². The minimum Gasteiger partial charge on any atom is -0.376 e. The van der Waals surface area contributed by atoms with Gasteiger partial charge < -0.3 is 10.1 Å². The Morgan fingerprint density at radius 2 is 2.07 bits per heavy atom. The molecule has 1 unspecified atom stereocenters. The van der Waals surface area contributed by atoms with E-state index >= 15 is 0 Å². The maximum absolute atomic E-state index is 12.7. The van der Waals surface area contributed by atoms with E-state index in [1.807, 2.05) is 11.6 Å². The number of amides is 1. The number of hydrogen-bond acceptors (Lipinski definition) is 4. The Kier molecular flexibility index (Phi) is 6.31. The second-order valence-corrected chi connectivity index (χ2v) is 8.45. The molecule has 1 amide bonds. The molecular weight excluding hydrogens is 364 g/mol. The lowest BCUT2D eigenvalue weighted by molar-refractivity contribution is -0.0212. The summed E-state index contributed by atoms with van der Waals surface area (Å²) < 4.78 is 7.67. The Labute approximate surface area is 173 Å². The second kappa shape index (κ2) is 9.09. The highest BCUT2D eigenvalue weighted by Crippen LogP contribution is 2.30. The summed E-state index contributed by atoms with van der Waals surface area (Å²) in [6.07, 6.45) is 6.85. The summed E-state index contributed by atoms with van der Waals surface area (Å²) >= 11 is 0. The van der Waals surface area contributed by atoms with Crippen molar-refractivity contribution in [3.05, 3.63) is 52.8 Å². The van der Waals surface area contributed by atoms with E-state index < -0.39 is 0 Å². The zero-order valence-corrected chi connectivity index (χ0v) is 17.6. The monoisotopic (exact) mass is 396 g/mol. The van der Waals surface area contributed by atoms with Crippen LogP contribution in [-0.2, 0) is 17.8 Å². The van der Waals surface area contributed by atoms with Gasteiger partial charge in [-0.2, -0.15) is 5.10 Å². The molecule has 156 valence electrons. The van der Waals surface area contributed by atoms with Crippen LogP contribution >= 0.6 is 0 Å². The number of morpholine rings is 1. The molecule has 2 aromatic rings. The van der Waals surface area contributed by atoms with Crippen molar-refractivity contribution in [1.82, 2.24) is 20.0 Å². The van der Waals surface area contributed by atoms with Gasteiger partial charge in [0, 0.05) is 31.9 Å². The third kappa shape index (κ3) is 4.87. The minimum atomic E-state index is -0.0424. The first-order valence-corrected chi connectivity index (χ1v) is 10.8. The molecule has 2 heterocycles. The molecule has 6 heteroatoms. The second-order valence-electron chi connectivity index (χ2n) is 8.45. The maximum atomic E-state index is 12.7. The lowest BCUT2D eigenvalue weighted by Gasteiger charge is -2.31. The molecule has 1 saturated carbocycles. The van der Waals surface area contributed by atoms with Gasteiger partial charge in [-0.15, -0.1) is 0 Å². The predicted octanol–water partition coefficient (Wildman–Crippen LogP) is 3.46. The first kappa shape index (κ1) is 20.1. The minimum absolute atomic E-state index is 0.0424. The van der Waals surface area contributed by atoms with Gasteiger partial charge in [0.15, 0.2) is 0 Å². The highest BCUT2D eigenvalue weighted by Gasteiger charge is 2.22. The van der Waals surface area contributed by atoms with Crippen LogP contribution in [0.5, 0.6) is 0 Å². The number of carbonyl (C=O) groups is 1. The summed E-state index contributed by atoms with van der Waals surface area (Å²) in [7, 11) is 0. The molecule has 2 aliphatic rings. The van der Waals surface area contributed by atoms with Crippen molar-refractivity contribution in [3.8, 4) is 0 Å². The molecule has 1 saturated heterocycles. The highest BCUT2D eigenvalue weighted by atomic mass is 16.5. The predicted molar refractivity (Wildman–Crippen MR) is 113 cm³/mol. The molecule has 1 aromatic carbocycles. The molecule has 29 heavy (non-hydrogen) atoms. The van der Waals surface area contributed by atoms with Crippen LogP contribution in [0.25, 0.3) is 0 Å². The van der Waals surface area contributed by atoms with Gasteiger partial charge in [0.25, 0.3) is 5.91 Å². The van der Waals surface area contributed by atoms with Gasteiger partial charge in [0.05, 0.1) is 30.5 Å². The van der Waals surface area contributed by atoms with E-state index in [4.69, 9.17) is 4.74 Å². The number of nitrogens with zero attached hydrogens (tertiary/aromatic N) is 3. The van der Waals surface area contributed by atoms with Crippen molar-refractivity contribution >= 4 is 5.91 Å². The molecular formula is C23H32N4O2. The normalized spacial score (nSPS) is 20.8. The van der Waals surface area contributed by atoms with E-state index in [0.717, 1.165) is 50.3 Å². The first-order chi connectivity index (χ1) is 14.1. The Morgan fingerprint density at radius 3 is 2.86 bits per heavy atom. The van der Waals surface area contributed by atoms with Crippen molar-refractivity contribution in [2.24, 2.45) is 0 Å². The number of rotatable bonds is 6. The van der Waals surface area contributed by atoms with Crippen molar-refractivity contribution in [3.63, 3.8) is 0 Å². The largest absolute Gasteiger partial charge is 0.376 e. The number of benzene rings is 1. The van der Waals surface area contributed by atoms with Gasteiger partial charge in [-0.3, -0.25) is 14.4 Å². The Morgan fingerprint density at radius 1 is 1.28 bits per heavy atom. The average molecular weight is 397 g/mol. The van der Waals surface area contributed by atoms with E-state index in [1.54, 1.807) is 6.20 Å². The van der Waals surface area contributed by atoms with E-state index in [0.29, 0.717) is 24.3 Å². The number of aromatic nitrogens is 2. The molecule has 0 radical (unpaired) electrons. The van der Waals surface area contributed by atoms with E-state index in [1.165, 1.54) is 18.4 Å². The summed E-state index contributed by atoms with van der Waals surface area (Å²) in [5.74, 6) is -0.0424. The van der Waals surface area contributed by atoms with Crippen LogP contribution < -0.4 is 5.32 Å². The van der Waals surface area contributed by atoms with Gasteiger partial charge in [-0.25, -0.2) is 0 Å². The molecule has 0 spiro atoms. The summed E-state index contributed by atoms with van der Waals surface area (Å²) in [6.45, 7) is 8.30. The van der Waals surface area contributed by atoms with Gasteiger partial charge in [-0.1, -0.05) is 37.1 Å². The smallest absolute Gasteiger partial charge is 0.255 e. The fraction of sp³-hybridized carbons (Fsp3) is 0.565. The SMILES string of the molecule is Cc1c(C(=O)NCc2cccc(CN3CCOC(C)C3)c2)cnn1C1CCCC1. The molecule has 1 aromatic heterocycles. The number of carbonyl (C=O) groups excluding carboxylic acids is 1. The lowest BCUT2D eigenvalue weighted by atomic mass is 10.1. The molecule has 1 aliphatic carbocycles. The highest BCUT2D eigenvalue weighted by molar-refractivity contribution is 5.95. The van der Waals surface area contributed by atoms with Crippen LogP contribution in [0.4, 0.5) is 0 Å². The van der Waals surface area contributed by atoms with Gasteiger partial charge in [-0.05, 0) is 37.8 Å². The number of hydrogen-bond donors (Lipinski definition) is 1. The summed E-state index contributed by atoms with van der Waals surface area (Å²) in [5.41, 5.74) is 4.06. The Bertz CT molecular complexity index is 841. The topological polar surface area (TPSA) is 59.4 Å². The standard InChI is InChI=1S/C23H32N4O2/c1-17-15-26(10-11-29-17)16-20-7-5-6-19(12-20)13-24-23(28)22-14-25-27(18(22)2)21-8-3-4-9-21/h5-7,12,14,17,21H,3-4,8-11,13,15-16H2,1-2H3,(H,24,28). The fourth-order valence-corrected chi connectivity index (χ4v) is 4.57. The summed E-state index contributed by atoms with van der Waals surface area (Å²) in [4.78, 5) is 15.1. The fourth-order valence-electron chi connectivity index (χ4n) is 4.57. The maximum Gasteiger partial charge on any atom is 0.255 e. The van der Waals surface area contributed by atoms with Crippen molar-refractivity contribution in [1.29, 1.82) is 0 Å². The average Bonchev–Trinajstić information content (AvgIpc) is 3.36. The van der Waals surface area contributed by atoms with Gasteiger partial charge >= 0.3 is 0 Å². The zero-order valence-electron chi connectivity index (χ0n) is 17.6. The van der Waals surface area contributed by atoms with Gasteiger partial charge in [0.1, 0.15) is 0 Å². The molecule has 6 nitrogen and oxygen atoms in total. The van der Waals surface area contributed by atoms with E-state index in [2.05, 4.69) is 46.5 Å². The molecule has 1 aliphatic heterocycles. The van der Waals surface area contributed by atoms with Crippen LogP contribution in [0, 0.1) is 6.92 Å². The molecule has 1 N–H and O–H groups in total. The van der Waals surface area contributed by atoms with Crippen LogP contribution in [0.3, 0.4) is 0 Å². The summed E-state index contributed by atoms with van der Waals surface area (Å²) in [5, 5.41) is 7.57. The Balaban J connectivity index is 1.35. The number of ether oxygens (including phenoxy) is 1. The van der Waals surface area contributed by atoms with Crippen LogP contribution in [0.2, 0.25) is 0 Å². The molecule has 2 fully saturated rings. The first-order valence-electron chi connectivity index (χ1n) is 10.8. The van der Waals surface area contributed by atoms with Crippen molar-refractivity contribution in [2.45, 2.75) is 64.8 Å². The lowest BCUT2D eigenvalue weighted by Crippen LogP contribution is -2.40. The summed E-state index contributed by atoms with van der Waals surface area (Å²) in [6, 6.07) is 8.94. The zero-order chi connectivity index (χ0) is 20.2. The van der Waals surface area contributed by atoms with Crippen molar-refractivity contribution in [2.75, 3.05) is 19.7 Å². The van der Waals surface area contributed by atoms with E-state index in [-0.39, 0.29) is 5.91 Å². The van der Waals surface area contributed by atoms with Crippen LogP contribution in [-0.4, -0.2) is 46.4 Å². The van der Waals surface area contributed by atoms with Crippen LogP contribution in [0.15, 0.2) is 30.5 Å².